The maximum Gasteiger partial charge on any atom is 0.212 e. The quantitative estimate of drug-likeness (QED) is 0.602. The molecule has 0 aliphatic carbocycles. The number of rotatable bonds is 7. The number of unbranched alkanes of at least 4 members (excludes halogenated alkanes) is 1. The monoisotopic (exact) mass is 353 g/mol. The molecule has 0 saturated heterocycles. The van der Waals surface area contributed by atoms with Gasteiger partial charge in [-0.25, -0.2) is 13.1 Å². The van der Waals surface area contributed by atoms with E-state index in [0.29, 0.717) is 18.7 Å². The molecule has 0 aromatic heterocycles. The molecule has 6 heteroatoms. The Bertz CT molecular complexity index is 479. The molecule has 0 radical (unpaired) electrons. The van der Waals surface area contributed by atoms with Gasteiger partial charge in [-0.05, 0) is 31.4 Å². The number of sulfonamides is 1. The van der Waals surface area contributed by atoms with Crippen LogP contribution in [0.3, 0.4) is 0 Å². The van der Waals surface area contributed by atoms with Gasteiger partial charge in [-0.2, -0.15) is 0 Å². The third-order valence-corrected chi connectivity index (χ3v) is 5.05. The standard InChI is InChI=1S/C12H17BrClNO2S/c1-10(11-6-2-3-7-12(11)13)15-18(16,17)9-5-4-8-14/h2-3,6-7,10,15H,4-5,8-9H2,1H3. The summed E-state index contributed by atoms with van der Waals surface area (Å²) in [7, 11) is -3.25. The van der Waals surface area contributed by atoms with Crippen molar-refractivity contribution in [3.8, 4) is 0 Å². The zero-order valence-electron chi connectivity index (χ0n) is 10.2. The Morgan fingerprint density at radius 3 is 2.61 bits per heavy atom. The molecule has 102 valence electrons. The Morgan fingerprint density at radius 2 is 2.00 bits per heavy atom. The summed E-state index contributed by atoms with van der Waals surface area (Å²) in [6.07, 6.45) is 1.30. The predicted octanol–water partition coefficient (Wildman–Crippen LogP) is 3.45. The maximum atomic E-state index is 11.8. The van der Waals surface area contributed by atoms with Crippen molar-refractivity contribution in [1.29, 1.82) is 0 Å². The minimum atomic E-state index is -3.25. The minimum Gasteiger partial charge on any atom is -0.212 e. The number of halogens is 2. The Kier molecular flexibility index (Phi) is 6.63. The molecule has 0 aliphatic heterocycles. The number of benzene rings is 1. The molecule has 0 amide bonds. The smallest absolute Gasteiger partial charge is 0.212 e. The molecule has 1 N–H and O–H groups in total. The molecule has 0 fully saturated rings. The zero-order chi connectivity index (χ0) is 13.6. The van der Waals surface area contributed by atoms with Crippen molar-refractivity contribution in [3.05, 3.63) is 34.3 Å². The molecule has 0 bridgehead atoms. The summed E-state index contributed by atoms with van der Waals surface area (Å²) in [5.41, 5.74) is 0.929. The maximum absolute atomic E-state index is 11.8. The van der Waals surface area contributed by atoms with Crippen LogP contribution in [0, 0.1) is 0 Å². The van der Waals surface area contributed by atoms with Crippen molar-refractivity contribution in [2.45, 2.75) is 25.8 Å². The largest absolute Gasteiger partial charge is 0.212 e. The molecule has 1 aromatic rings. The van der Waals surface area contributed by atoms with Crippen LogP contribution in [0.4, 0.5) is 0 Å². The van der Waals surface area contributed by atoms with Crippen LogP contribution >= 0.6 is 27.5 Å². The lowest BCUT2D eigenvalue weighted by molar-refractivity contribution is 0.563. The lowest BCUT2D eigenvalue weighted by atomic mass is 10.1. The molecule has 1 atom stereocenters. The van der Waals surface area contributed by atoms with E-state index in [9.17, 15) is 8.42 Å². The average Bonchev–Trinajstić information content (AvgIpc) is 2.29. The third-order valence-electron chi connectivity index (χ3n) is 2.52. The van der Waals surface area contributed by atoms with Crippen LogP contribution in [0.25, 0.3) is 0 Å². The average molecular weight is 355 g/mol. The van der Waals surface area contributed by atoms with Gasteiger partial charge in [0.25, 0.3) is 0 Å². The fraction of sp³-hybridized carbons (Fsp3) is 0.500. The molecule has 3 nitrogen and oxygen atoms in total. The molecular formula is C12H17BrClNO2S. The number of nitrogens with one attached hydrogen (secondary N) is 1. The van der Waals surface area contributed by atoms with Crippen molar-refractivity contribution in [3.63, 3.8) is 0 Å². The second-order valence-corrected chi connectivity index (χ2v) is 7.18. The molecule has 1 unspecified atom stereocenters. The summed E-state index contributed by atoms with van der Waals surface area (Å²) in [6, 6.07) is 7.33. The Morgan fingerprint density at radius 1 is 1.33 bits per heavy atom. The van der Waals surface area contributed by atoms with Crippen LogP contribution in [-0.2, 0) is 10.0 Å². The summed E-state index contributed by atoms with van der Waals surface area (Å²) >= 11 is 8.95. The highest BCUT2D eigenvalue weighted by molar-refractivity contribution is 9.10. The molecular weight excluding hydrogens is 338 g/mol. The first kappa shape index (κ1) is 16.0. The predicted molar refractivity (Wildman–Crippen MR) is 79.4 cm³/mol. The minimum absolute atomic E-state index is 0.120. The van der Waals surface area contributed by atoms with Gasteiger partial charge < -0.3 is 0 Å². The summed E-state index contributed by atoms with van der Waals surface area (Å²) in [6.45, 7) is 1.83. The van der Waals surface area contributed by atoms with Gasteiger partial charge in [0.15, 0.2) is 0 Å². The topological polar surface area (TPSA) is 46.2 Å². The first-order valence-corrected chi connectivity index (χ1v) is 8.74. The van der Waals surface area contributed by atoms with Crippen LogP contribution < -0.4 is 4.72 Å². The Balaban J connectivity index is 2.64. The van der Waals surface area contributed by atoms with Crippen LogP contribution in [0.5, 0.6) is 0 Å². The van der Waals surface area contributed by atoms with Crippen molar-refractivity contribution in [2.24, 2.45) is 0 Å². The SMILES string of the molecule is CC(NS(=O)(=O)CCCCCl)c1ccccc1Br. The van der Waals surface area contributed by atoms with Gasteiger partial charge in [-0.3, -0.25) is 0 Å². The number of hydrogen-bond acceptors (Lipinski definition) is 2. The van der Waals surface area contributed by atoms with E-state index in [0.717, 1.165) is 10.0 Å². The van der Waals surface area contributed by atoms with E-state index in [2.05, 4.69) is 20.7 Å². The van der Waals surface area contributed by atoms with Gasteiger partial charge in [0, 0.05) is 16.4 Å². The van der Waals surface area contributed by atoms with Crippen molar-refractivity contribution in [2.75, 3.05) is 11.6 Å². The Hall–Kier alpha value is -0.100. The van der Waals surface area contributed by atoms with E-state index in [1.807, 2.05) is 31.2 Å². The Labute approximate surface area is 122 Å². The van der Waals surface area contributed by atoms with Gasteiger partial charge in [0.2, 0.25) is 10.0 Å². The van der Waals surface area contributed by atoms with Crippen LogP contribution in [0.2, 0.25) is 0 Å². The highest BCUT2D eigenvalue weighted by Gasteiger charge is 2.16. The molecule has 1 rings (SSSR count). The van der Waals surface area contributed by atoms with E-state index in [1.54, 1.807) is 0 Å². The molecule has 0 aliphatic rings. The van der Waals surface area contributed by atoms with E-state index in [4.69, 9.17) is 11.6 Å². The van der Waals surface area contributed by atoms with E-state index >= 15 is 0 Å². The van der Waals surface area contributed by atoms with Gasteiger partial charge in [0.1, 0.15) is 0 Å². The third kappa shape index (κ3) is 5.26. The van der Waals surface area contributed by atoms with Gasteiger partial charge in [0.05, 0.1) is 5.75 Å². The number of hydrogen-bond donors (Lipinski definition) is 1. The fourth-order valence-corrected chi connectivity index (χ4v) is 3.79. The highest BCUT2D eigenvalue weighted by atomic mass is 79.9. The van der Waals surface area contributed by atoms with Crippen LogP contribution in [0.15, 0.2) is 28.7 Å². The van der Waals surface area contributed by atoms with Crippen LogP contribution in [0.1, 0.15) is 31.4 Å². The van der Waals surface area contributed by atoms with Crippen LogP contribution in [-0.4, -0.2) is 20.1 Å². The van der Waals surface area contributed by atoms with Crippen molar-refractivity contribution >= 4 is 37.6 Å². The molecule has 18 heavy (non-hydrogen) atoms. The highest BCUT2D eigenvalue weighted by Crippen LogP contribution is 2.23. The van der Waals surface area contributed by atoms with E-state index in [1.165, 1.54) is 0 Å². The second kappa shape index (κ2) is 7.48. The fourth-order valence-electron chi connectivity index (χ4n) is 1.60. The molecule has 0 spiro atoms. The summed E-state index contributed by atoms with van der Waals surface area (Å²) in [5.74, 6) is 0.615. The van der Waals surface area contributed by atoms with Gasteiger partial charge in [-0.1, -0.05) is 34.1 Å². The van der Waals surface area contributed by atoms with Gasteiger partial charge >= 0.3 is 0 Å². The van der Waals surface area contributed by atoms with E-state index < -0.39 is 10.0 Å². The van der Waals surface area contributed by atoms with E-state index in [-0.39, 0.29) is 11.8 Å². The normalized spacial score (nSPS) is 13.5. The lowest BCUT2D eigenvalue weighted by Crippen LogP contribution is -2.29. The first-order valence-electron chi connectivity index (χ1n) is 5.76. The molecule has 0 saturated carbocycles. The van der Waals surface area contributed by atoms with Crippen molar-refractivity contribution < 1.29 is 8.42 Å². The lowest BCUT2D eigenvalue weighted by Gasteiger charge is -2.15. The van der Waals surface area contributed by atoms with Gasteiger partial charge in [-0.15, -0.1) is 11.6 Å². The summed E-state index contributed by atoms with van der Waals surface area (Å²) in [4.78, 5) is 0. The zero-order valence-corrected chi connectivity index (χ0v) is 13.4. The van der Waals surface area contributed by atoms with Crippen molar-refractivity contribution in [1.82, 2.24) is 4.72 Å². The summed E-state index contributed by atoms with van der Waals surface area (Å²) in [5, 5.41) is 0. The molecule has 1 aromatic carbocycles. The first-order chi connectivity index (χ1) is 8.46. The molecule has 0 heterocycles. The summed E-state index contributed by atoms with van der Waals surface area (Å²) < 4.78 is 27.2. The number of alkyl halides is 1. The second-order valence-electron chi connectivity index (χ2n) is 4.08.